The number of nitriles is 1. The number of rotatable bonds is 8. The number of aromatic nitrogens is 4. The summed E-state index contributed by atoms with van der Waals surface area (Å²) in [5.74, 6) is 8.07. The summed E-state index contributed by atoms with van der Waals surface area (Å²) in [5, 5.41) is 13.2. The predicted octanol–water partition coefficient (Wildman–Crippen LogP) is 4.94. The van der Waals surface area contributed by atoms with E-state index in [-0.39, 0.29) is 18.3 Å². The lowest BCUT2D eigenvalue weighted by Crippen LogP contribution is -2.45. The molecule has 2 saturated heterocycles. The molecule has 5 heterocycles. The van der Waals surface area contributed by atoms with E-state index in [0.717, 1.165) is 79.4 Å². The van der Waals surface area contributed by atoms with Crippen molar-refractivity contribution < 1.29 is 14.0 Å². The minimum atomic E-state index is -0.189. The van der Waals surface area contributed by atoms with Crippen molar-refractivity contribution in [2.45, 2.75) is 51.7 Å². The summed E-state index contributed by atoms with van der Waals surface area (Å²) in [7, 11) is 0. The lowest BCUT2D eigenvalue weighted by molar-refractivity contribution is -0.188. The van der Waals surface area contributed by atoms with Crippen molar-refractivity contribution in [3.8, 4) is 29.2 Å². The number of imidazole rings is 1. The second-order valence-corrected chi connectivity index (χ2v) is 10.6. The zero-order valence-electron chi connectivity index (χ0n) is 23.1. The van der Waals surface area contributed by atoms with Gasteiger partial charge < -0.3 is 18.6 Å². The highest BCUT2D eigenvalue weighted by atomic mass is 16.7. The van der Waals surface area contributed by atoms with Gasteiger partial charge in [-0.3, -0.25) is 9.88 Å². The predicted molar refractivity (Wildman–Crippen MR) is 151 cm³/mol. The molecule has 2 unspecified atom stereocenters. The van der Waals surface area contributed by atoms with Crippen LogP contribution in [0.2, 0.25) is 0 Å². The van der Waals surface area contributed by atoms with Crippen LogP contribution >= 0.6 is 0 Å². The molecular formula is C32H32N6O3. The summed E-state index contributed by atoms with van der Waals surface area (Å²) >= 11 is 0. The molecule has 4 aromatic rings. The second kappa shape index (κ2) is 12.5. The fourth-order valence-corrected chi connectivity index (χ4v) is 5.08. The van der Waals surface area contributed by atoms with Gasteiger partial charge in [-0.1, -0.05) is 17.0 Å². The Hall–Kier alpha value is -4.28. The van der Waals surface area contributed by atoms with E-state index in [2.05, 4.69) is 37.9 Å². The van der Waals surface area contributed by atoms with Crippen LogP contribution in [0.25, 0.3) is 11.3 Å². The van der Waals surface area contributed by atoms with Crippen molar-refractivity contribution in [2.75, 3.05) is 19.7 Å². The van der Waals surface area contributed by atoms with Crippen LogP contribution in [0.3, 0.4) is 0 Å². The van der Waals surface area contributed by atoms with Gasteiger partial charge in [-0.2, -0.15) is 5.26 Å². The molecule has 0 aliphatic carbocycles. The third-order valence-electron chi connectivity index (χ3n) is 7.37. The third kappa shape index (κ3) is 6.72. The van der Waals surface area contributed by atoms with E-state index in [1.54, 1.807) is 12.4 Å². The van der Waals surface area contributed by atoms with Gasteiger partial charge in [0.1, 0.15) is 17.6 Å². The molecule has 3 aromatic heterocycles. The van der Waals surface area contributed by atoms with E-state index in [1.807, 2.05) is 60.2 Å². The molecule has 0 bridgehead atoms. The molecule has 208 valence electrons. The van der Waals surface area contributed by atoms with Crippen LogP contribution in [0.4, 0.5) is 0 Å². The number of benzene rings is 1. The maximum Gasteiger partial charge on any atom is 0.167 e. The molecule has 0 N–H and O–H groups in total. The average Bonchev–Trinajstić information content (AvgIpc) is 3.65. The molecule has 1 aromatic carbocycles. The molecule has 0 saturated carbocycles. The van der Waals surface area contributed by atoms with Crippen LogP contribution in [0.15, 0.2) is 65.6 Å². The summed E-state index contributed by atoms with van der Waals surface area (Å²) in [6.45, 7) is 5.69. The van der Waals surface area contributed by atoms with E-state index in [1.165, 1.54) is 0 Å². The Morgan fingerprint density at radius 3 is 2.61 bits per heavy atom. The second-order valence-electron chi connectivity index (χ2n) is 10.6. The van der Waals surface area contributed by atoms with Gasteiger partial charge in [-0.15, -0.1) is 0 Å². The average molecular weight is 549 g/mol. The molecule has 0 amide bonds. The van der Waals surface area contributed by atoms with Crippen LogP contribution in [-0.4, -0.2) is 50.6 Å². The molecular weight excluding hydrogens is 516 g/mol. The zero-order chi connectivity index (χ0) is 28.0. The summed E-state index contributed by atoms with van der Waals surface area (Å²) in [6, 6.07) is 16.2. The lowest BCUT2D eigenvalue weighted by atomic mass is 10.0. The van der Waals surface area contributed by atoms with Crippen molar-refractivity contribution in [2.24, 2.45) is 5.92 Å². The number of ether oxygens (including phenoxy) is 2. The standard InChI is InChI=1S/C32H32N6O3/c1-23(40-31-4-2-3-15-39-31)32-34-13-14-38(32)22-29-16-30(41-36-29)27-10-7-24(8-11-27)5-6-25-9-12-28(35-18-25)21-37-19-26(17-33)20-37/h7-14,16,18,23,26,31H,2-4,15,19-22H2,1H3. The van der Waals surface area contributed by atoms with Crippen molar-refractivity contribution in [3.05, 3.63) is 89.4 Å². The van der Waals surface area contributed by atoms with Gasteiger partial charge in [0.25, 0.3) is 0 Å². The maximum atomic E-state index is 8.92. The van der Waals surface area contributed by atoms with Gasteiger partial charge >= 0.3 is 0 Å². The van der Waals surface area contributed by atoms with Gasteiger partial charge in [0.15, 0.2) is 12.1 Å². The summed E-state index contributed by atoms with van der Waals surface area (Å²) in [6.07, 6.45) is 8.27. The van der Waals surface area contributed by atoms with E-state index in [0.29, 0.717) is 12.3 Å². The van der Waals surface area contributed by atoms with E-state index < -0.39 is 0 Å². The largest absolute Gasteiger partial charge is 0.356 e. The van der Waals surface area contributed by atoms with Gasteiger partial charge in [-0.25, -0.2) is 4.98 Å². The Balaban J connectivity index is 1.04. The SMILES string of the molecule is CC(OC1CCCCO1)c1nccn1Cc1cc(-c2ccc(C#Cc3ccc(CN4CC(C#N)C4)nc3)cc2)on1. The number of nitrogens with zero attached hydrogens (tertiary/aromatic N) is 6. The molecule has 6 rings (SSSR count). The highest BCUT2D eigenvalue weighted by Crippen LogP contribution is 2.25. The first-order valence-corrected chi connectivity index (χ1v) is 14.1. The first-order valence-electron chi connectivity index (χ1n) is 14.1. The molecule has 2 aliphatic heterocycles. The fourth-order valence-electron chi connectivity index (χ4n) is 5.08. The van der Waals surface area contributed by atoms with E-state index in [9.17, 15) is 0 Å². The van der Waals surface area contributed by atoms with E-state index >= 15 is 0 Å². The maximum absolute atomic E-state index is 8.92. The Labute approximate surface area is 239 Å². The number of hydrogen-bond donors (Lipinski definition) is 0. The van der Waals surface area contributed by atoms with Crippen LogP contribution in [0, 0.1) is 29.1 Å². The van der Waals surface area contributed by atoms with Crippen LogP contribution in [0.1, 0.15) is 60.6 Å². The number of hydrogen-bond acceptors (Lipinski definition) is 8. The highest BCUT2D eigenvalue weighted by Gasteiger charge is 2.26. The van der Waals surface area contributed by atoms with Gasteiger partial charge in [0.05, 0.1) is 24.2 Å². The minimum absolute atomic E-state index is 0.157. The Kier molecular flexibility index (Phi) is 8.20. The Bertz CT molecular complexity index is 1550. The topological polar surface area (TPSA) is 102 Å². The molecule has 9 heteroatoms. The molecule has 2 fully saturated rings. The summed E-state index contributed by atoms with van der Waals surface area (Å²) < 4.78 is 19.5. The zero-order valence-corrected chi connectivity index (χ0v) is 23.1. The van der Waals surface area contributed by atoms with Crippen molar-refractivity contribution in [1.29, 1.82) is 5.26 Å². The quantitative estimate of drug-likeness (QED) is 0.285. The van der Waals surface area contributed by atoms with Crippen molar-refractivity contribution in [1.82, 2.24) is 24.6 Å². The first kappa shape index (κ1) is 26.9. The van der Waals surface area contributed by atoms with Gasteiger partial charge in [-0.05, 0) is 62.6 Å². The minimum Gasteiger partial charge on any atom is -0.356 e. The fraction of sp³-hybridized carbons (Fsp3) is 0.375. The molecule has 41 heavy (non-hydrogen) atoms. The first-order chi connectivity index (χ1) is 20.1. The normalized spacial score (nSPS) is 18.2. The summed E-state index contributed by atoms with van der Waals surface area (Å²) in [4.78, 5) is 11.3. The van der Waals surface area contributed by atoms with Crippen molar-refractivity contribution >= 4 is 0 Å². The molecule has 2 aliphatic rings. The number of likely N-dealkylation sites (tertiary alicyclic amines) is 1. The molecule has 2 atom stereocenters. The smallest absolute Gasteiger partial charge is 0.167 e. The number of pyridine rings is 1. The van der Waals surface area contributed by atoms with Crippen LogP contribution < -0.4 is 0 Å². The van der Waals surface area contributed by atoms with Gasteiger partial charge in [0.2, 0.25) is 0 Å². The molecule has 0 radical (unpaired) electrons. The monoisotopic (exact) mass is 548 g/mol. The highest BCUT2D eigenvalue weighted by molar-refractivity contribution is 5.59. The lowest BCUT2D eigenvalue weighted by Gasteiger charge is -2.34. The van der Waals surface area contributed by atoms with Gasteiger partial charge in [0, 0.05) is 67.6 Å². The molecule has 9 nitrogen and oxygen atoms in total. The van der Waals surface area contributed by atoms with E-state index in [4.69, 9.17) is 19.3 Å². The third-order valence-corrected chi connectivity index (χ3v) is 7.37. The van der Waals surface area contributed by atoms with Crippen molar-refractivity contribution in [3.63, 3.8) is 0 Å². The van der Waals surface area contributed by atoms with Crippen LogP contribution in [0.5, 0.6) is 0 Å². The molecule has 0 spiro atoms. The summed E-state index contributed by atoms with van der Waals surface area (Å²) in [5.41, 5.74) is 4.49. The van der Waals surface area contributed by atoms with Crippen LogP contribution in [-0.2, 0) is 22.6 Å². The Morgan fingerprint density at radius 2 is 1.85 bits per heavy atom. The Morgan fingerprint density at radius 1 is 1.02 bits per heavy atom.